The lowest BCUT2D eigenvalue weighted by atomic mass is 10.2. The molecule has 1 atom stereocenters. The number of anilines is 1. The number of amides is 1. The van der Waals surface area contributed by atoms with Gasteiger partial charge in [0.2, 0.25) is 16.0 Å². The molecule has 8 nitrogen and oxygen atoms in total. The Bertz CT molecular complexity index is 1250. The number of carbonyl (C=O) groups excluding carboxylic acids is 1. The second kappa shape index (κ2) is 7.25. The zero-order chi connectivity index (χ0) is 19.8. The Morgan fingerprint density at radius 1 is 1.21 bits per heavy atom. The molecule has 1 unspecified atom stereocenters. The maximum Gasteiger partial charge on any atom is 0.283 e. The second-order valence-electron chi connectivity index (χ2n) is 6.90. The smallest absolute Gasteiger partial charge is 0.283 e. The fraction of sp³-hybridized carbons (Fsp3) is 0.250. The molecule has 4 heterocycles. The van der Waals surface area contributed by atoms with E-state index in [-0.39, 0.29) is 17.5 Å². The minimum absolute atomic E-state index is 0.0575. The van der Waals surface area contributed by atoms with Crippen LogP contribution in [0.25, 0.3) is 15.9 Å². The minimum atomic E-state index is -0.315. The first kappa shape index (κ1) is 17.7. The van der Waals surface area contributed by atoms with E-state index in [0.29, 0.717) is 27.5 Å². The van der Waals surface area contributed by atoms with Gasteiger partial charge in [0.25, 0.3) is 5.56 Å². The second-order valence-corrected chi connectivity index (χ2v) is 7.84. The lowest BCUT2D eigenvalue weighted by Gasteiger charge is -2.22. The summed E-state index contributed by atoms with van der Waals surface area (Å²) >= 11 is 1.33. The van der Waals surface area contributed by atoms with Gasteiger partial charge in [0.1, 0.15) is 6.04 Å². The minimum Gasteiger partial charge on any atom is -0.349 e. The summed E-state index contributed by atoms with van der Waals surface area (Å²) in [5.41, 5.74) is 1.27. The normalized spacial score (nSPS) is 16.6. The fourth-order valence-electron chi connectivity index (χ4n) is 3.63. The lowest BCUT2D eigenvalue weighted by molar-refractivity contribution is -0.122. The van der Waals surface area contributed by atoms with Crippen LogP contribution in [0.2, 0.25) is 0 Å². The maximum absolute atomic E-state index is 12.8. The predicted molar refractivity (Wildman–Crippen MR) is 111 cm³/mol. The molecule has 9 heteroatoms. The highest BCUT2D eigenvalue weighted by molar-refractivity contribution is 7.20. The first-order valence-corrected chi connectivity index (χ1v) is 10.3. The highest BCUT2D eigenvalue weighted by Gasteiger charge is 2.33. The van der Waals surface area contributed by atoms with E-state index in [0.717, 1.165) is 25.1 Å². The number of rotatable bonds is 4. The van der Waals surface area contributed by atoms with Gasteiger partial charge >= 0.3 is 0 Å². The zero-order valence-corrected chi connectivity index (χ0v) is 16.3. The zero-order valence-electron chi connectivity index (χ0n) is 15.5. The highest BCUT2D eigenvalue weighted by atomic mass is 32.1. The summed E-state index contributed by atoms with van der Waals surface area (Å²) in [5.74, 6) is -0.0575. The molecule has 1 aliphatic rings. The van der Waals surface area contributed by atoms with Crippen LogP contribution in [0.15, 0.2) is 53.5 Å². The maximum atomic E-state index is 12.8. The standard InChI is InChI=1S/C20H18N6O2S/c27-17(22-12-13-6-3-4-10-21-13)16-9-5-11-25(16)20-24-26-18(28)14-7-1-2-8-15(14)23-19(26)29-20/h1-4,6-8,10,16H,5,9,11-12H2,(H,22,27). The molecule has 1 aliphatic heterocycles. The van der Waals surface area contributed by atoms with E-state index < -0.39 is 0 Å². The summed E-state index contributed by atoms with van der Waals surface area (Å²) in [7, 11) is 0. The van der Waals surface area contributed by atoms with Gasteiger partial charge in [-0.25, -0.2) is 4.98 Å². The van der Waals surface area contributed by atoms with Crippen molar-refractivity contribution in [1.29, 1.82) is 0 Å². The van der Waals surface area contributed by atoms with Crippen LogP contribution in [0, 0.1) is 0 Å². The molecule has 146 valence electrons. The third-order valence-electron chi connectivity index (χ3n) is 5.06. The van der Waals surface area contributed by atoms with Crippen LogP contribution in [-0.4, -0.2) is 38.1 Å². The number of benzene rings is 1. The van der Waals surface area contributed by atoms with Crippen LogP contribution in [0.3, 0.4) is 0 Å². The van der Waals surface area contributed by atoms with Crippen LogP contribution in [-0.2, 0) is 11.3 Å². The van der Waals surface area contributed by atoms with E-state index >= 15 is 0 Å². The summed E-state index contributed by atoms with van der Waals surface area (Å²) in [5, 5.41) is 8.63. The van der Waals surface area contributed by atoms with Crippen molar-refractivity contribution in [2.45, 2.75) is 25.4 Å². The van der Waals surface area contributed by atoms with Gasteiger partial charge in [0, 0.05) is 12.7 Å². The Labute approximate surface area is 169 Å². The van der Waals surface area contributed by atoms with Gasteiger partial charge in [-0.1, -0.05) is 29.5 Å². The Balaban J connectivity index is 1.42. The predicted octanol–water partition coefficient (Wildman–Crippen LogP) is 1.98. The number of para-hydroxylation sites is 1. The Morgan fingerprint density at radius 3 is 2.93 bits per heavy atom. The first-order chi connectivity index (χ1) is 14.2. The molecule has 3 aromatic heterocycles. The van der Waals surface area contributed by atoms with Gasteiger partial charge in [-0.05, 0) is 37.1 Å². The third kappa shape index (κ3) is 3.23. The van der Waals surface area contributed by atoms with Gasteiger partial charge in [-0.2, -0.15) is 4.52 Å². The van der Waals surface area contributed by atoms with E-state index in [2.05, 4.69) is 20.4 Å². The largest absolute Gasteiger partial charge is 0.349 e. The van der Waals surface area contributed by atoms with Gasteiger partial charge in [-0.15, -0.1) is 5.10 Å². The van der Waals surface area contributed by atoms with Crippen molar-refractivity contribution < 1.29 is 4.79 Å². The molecule has 0 radical (unpaired) electrons. The quantitative estimate of drug-likeness (QED) is 0.557. The van der Waals surface area contributed by atoms with E-state index in [9.17, 15) is 9.59 Å². The van der Waals surface area contributed by atoms with Gasteiger partial charge in [-0.3, -0.25) is 14.6 Å². The van der Waals surface area contributed by atoms with E-state index in [1.807, 2.05) is 41.3 Å². The molecular weight excluding hydrogens is 388 g/mol. The van der Waals surface area contributed by atoms with Gasteiger partial charge in [0.05, 0.1) is 23.1 Å². The molecular formula is C20H18N6O2S. The number of hydrogen-bond donors (Lipinski definition) is 1. The van der Waals surface area contributed by atoms with Crippen molar-refractivity contribution in [2.24, 2.45) is 0 Å². The molecule has 0 saturated carbocycles. The SMILES string of the molecule is O=C(NCc1ccccn1)C1CCCN1c1nn2c(=O)c3ccccc3nc2s1. The van der Waals surface area contributed by atoms with Crippen molar-refractivity contribution >= 4 is 38.2 Å². The van der Waals surface area contributed by atoms with Crippen molar-refractivity contribution in [3.05, 3.63) is 64.7 Å². The number of nitrogens with zero attached hydrogens (tertiary/aromatic N) is 5. The van der Waals surface area contributed by atoms with Crippen LogP contribution in [0.1, 0.15) is 18.5 Å². The molecule has 1 saturated heterocycles. The molecule has 1 aromatic carbocycles. The average molecular weight is 406 g/mol. The molecule has 5 rings (SSSR count). The summed E-state index contributed by atoms with van der Waals surface area (Å²) in [6, 6.07) is 12.5. The van der Waals surface area contributed by atoms with Gasteiger partial charge < -0.3 is 10.2 Å². The summed E-state index contributed by atoms with van der Waals surface area (Å²) in [6.45, 7) is 1.10. The number of hydrogen-bond acceptors (Lipinski definition) is 7. The Morgan fingerprint density at radius 2 is 2.07 bits per heavy atom. The summed E-state index contributed by atoms with van der Waals surface area (Å²) in [4.78, 5) is 36.8. The molecule has 1 amide bonds. The fourth-order valence-corrected chi connectivity index (χ4v) is 4.60. The molecule has 29 heavy (non-hydrogen) atoms. The number of pyridine rings is 1. The number of fused-ring (bicyclic) bond motifs is 2. The van der Waals surface area contributed by atoms with Crippen LogP contribution < -0.4 is 15.8 Å². The molecule has 1 fully saturated rings. The van der Waals surface area contributed by atoms with Crippen LogP contribution in [0.4, 0.5) is 5.13 Å². The first-order valence-electron chi connectivity index (χ1n) is 9.43. The molecule has 4 aromatic rings. The number of nitrogens with one attached hydrogen (secondary N) is 1. The van der Waals surface area contributed by atoms with Crippen molar-refractivity contribution in [3.8, 4) is 0 Å². The summed E-state index contributed by atoms with van der Waals surface area (Å²) < 4.78 is 1.34. The Kier molecular flexibility index (Phi) is 4.44. The van der Waals surface area contributed by atoms with Gasteiger partial charge in [0.15, 0.2) is 0 Å². The van der Waals surface area contributed by atoms with Crippen molar-refractivity contribution in [3.63, 3.8) is 0 Å². The topological polar surface area (TPSA) is 92.5 Å². The number of aromatic nitrogens is 4. The molecule has 0 spiro atoms. The average Bonchev–Trinajstić information content (AvgIpc) is 3.40. The van der Waals surface area contributed by atoms with Crippen LogP contribution in [0.5, 0.6) is 0 Å². The Hall–Kier alpha value is -3.33. The molecule has 0 bridgehead atoms. The number of carbonyl (C=O) groups is 1. The summed E-state index contributed by atoms with van der Waals surface area (Å²) in [6.07, 6.45) is 3.34. The molecule has 0 aliphatic carbocycles. The van der Waals surface area contributed by atoms with E-state index in [4.69, 9.17) is 0 Å². The molecule has 1 N–H and O–H groups in total. The van der Waals surface area contributed by atoms with E-state index in [1.54, 1.807) is 12.3 Å². The van der Waals surface area contributed by atoms with E-state index in [1.165, 1.54) is 15.9 Å². The highest BCUT2D eigenvalue weighted by Crippen LogP contribution is 2.29. The van der Waals surface area contributed by atoms with Crippen molar-refractivity contribution in [1.82, 2.24) is 24.9 Å². The monoisotopic (exact) mass is 406 g/mol. The van der Waals surface area contributed by atoms with Crippen molar-refractivity contribution in [2.75, 3.05) is 11.4 Å². The lowest BCUT2D eigenvalue weighted by Crippen LogP contribution is -2.43. The van der Waals surface area contributed by atoms with Crippen LogP contribution >= 0.6 is 11.3 Å². The third-order valence-corrected chi connectivity index (χ3v) is 6.01.